The number of halogens is 4. The minimum Gasteiger partial charge on any atom is -0.373 e. The standard InChI is InChI=1S/C28H19Cl3FN7/c29-21-2-1-3-23(25(21)31)36-26-16(12-33)13-34-28-20(26)10-18(11-22(28)30)35-27(15-4-6-17(32)7-5-15)24-14-39(38-37-24)19-8-9-19/h1-7,10-11,13-14,19,27,35H,8-9H2,(H,34,36)/t27-/m0/s1/i27D. The van der Waals surface area contributed by atoms with Gasteiger partial charge in [0.1, 0.15) is 17.6 Å². The van der Waals surface area contributed by atoms with Crippen LogP contribution in [0.2, 0.25) is 15.1 Å². The largest absolute Gasteiger partial charge is 0.373 e. The van der Waals surface area contributed by atoms with Gasteiger partial charge in [-0.05, 0) is 54.8 Å². The molecule has 2 aromatic heterocycles. The highest BCUT2D eigenvalue weighted by Crippen LogP contribution is 2.39. The number of nitrogens with one attached hydrogen (secondary N) is 2. The first kappa shape index (κ1) is 24.2. The van der Waals surface area contributed by atoms with Crippen LogP contribution in [0.1, 0.15) is 43.1 Å². The maximum absolute atomic E-state index is 13.8. The highest BCUT2D eigenvalue weighted by atomic mass is 35.5. The monoisotopic (exact) mass is 578 g/mol. The Morgan fingerprint density at radius 2 is 1.90 bits per heavy atom. The van der Waals surface area contributed by atoms with Crippen LogP contribution in [0, 0.1) is 17.1 Å². The number of nitrogens with zero attached hydrogens (tertiary/aromatic N) is 5. The number of rotatable bonds is 7. The number of anilines is 3. The zero-order valence-electron chi connectivity index (χ0n) is 21.1. The summed E-state index contributed by atoms with van der Waals surface area (Å²) in [5, 5.41) is 26.2. The van der Waals surface area contributed by atoms with E-state index < -0.39 is 11.8 Å². The highest BCUT2D eigenvalue weighted by Gasteiger charge is 2.27. The minimum absolute atomic E-state index is 0.250. The zero-order valence-corrected chi connectivity index (χ0v) is 22.4. The van der Waals surface area contributed by atoms with Crippen molar-refractivity contribution in [3.63, 3.8) is 0 Å². The van der Waals surface area contributed by atoms with E-state index in [2.05, 4.69) is 32.0 Å². The molecule has 0 aliphatic heterocycles. The van der Waals surface area contributed by atoms with Crippen LogP contribution in [-0.4, -0.2) is 20.0 Å². The SMILES string of the molecule is [2H][C@](Nc1cc(Cl)c2ncc(C#N)c(Nc3cccc(Cl)c3Cl)c2c1)(c1ccc(F)cc1)c1cn(C2CC2)nn1. The summed E-state index contributed by atoms with van der Waals surface area (Å²) in [6, 6.07) is 14.9. The van der Waals surface area contributed by atoms with E-state index in [9.17, 15) is 11.0 Å². The van der Waals surface area contributed by atoms with Gasteiger partial charge in [-0.25, -0.2) is 9.07 Å². The van der Waals surface area contributed by atoms with Gasteiger partial charge in [-0.15, -0.1) is 5.10 Å². The van der Waals surface area contributed by atoms with Crippen molar-refractivity contribution in [3.8, 4) is 6.07 Å². The predicted octanol–water partition coefficient (Wildman–Crippen LogP) is 8.08. The third kappa shape index (κ3) is 5.09. The van der Waals surface area contributed by atoms with E-state index >= 15 is 0 Å². The molecule has 0 unspecified atom stereocenters. The Morgan fingerprint density at radius 3 is 2.64 bits per heavy atom. The summed E-state index contributed by atoms with van der Waals surface area (Å²) in [7, 11) is 0. The summed E-state index contributed by atoms with van der Waals surface area (Å²) in [6.45, 7) is 0. The van der Waals surface area contributed by atoms with E-state index in [0.717, 1.165) is 12.8 Å². The average Bonchev–Trinajstić information content (AvgIpc) is 3.67. The molecular formula is C28H19Cl3FN7. The average molecular weight is 580 g/mol. The second-order valence-electron chi connectivity index (χ2n) is 9.06. The number of hydrogen-bond acceptors (Lipinski definition) is 6. The van der Waals surface area contributed by atoms with Crippen molar-refractivity contribution in [2.45, 2.75) is 24.9 Å². The molecule has 1 saturated carbocycles. The fraction of sp³-hybridized carbons (Fsp3) is 0.143. The molecule has 6 rings (SSSR count). The molecule has 39 heavy (non-hydrogen) atoms. The van der Waals surface area contributed by atoms with Crippen LogP contribution in [-0.2, 0) is 0 Å². The van der Waals surface area contributed by atoms with Gasteiger partial charge < -0.3 is 10.6 Å². The van der Waals surface area contributed by atoms with Gasteiger partial charge in [0.2, 0.25) is 0 Å². The van der Waals surface area contributed by atoms with E-state index in [4.69, 9.17) is 34.8 Å². The Morgan fingerprint density at radius 1 is 1.10 bits per heavy atom. The summed E-state index contributed by atoms with van der Waals surface area (Å²) in [4.78, 5) is 4.39. The molecule has 0 saturated heterocycles. The van der Waals surface area contributed by atoms with Crippen molar-refractivity contribution in [2.75, 3.05) is 10.6 Å². The second kappa shape index (κ2) is 10.3. The van der Waals surface area contributed by atoms with Crippen molar-refractivity contribution < 1.29 is 5.76 Å². The Kier molecular flexibility index (Phi) is 6.41. The van der Waals surface area contributed by atoms with Crippen LogP contribution >= 0.6 is 34.8 Å². The molecule has 194 valence electrons. The first-order chi connectivity index (χ1) is 19.3. The van der Waals surface area contributed by atoms with Gasteiger partial charge in [-0.1, -0.05) is 58.2 Å². The van der Waals surface area contributed by atoms with E-state index in [-0.39, 0.29) is 16.6 Å². The van der Waals surface area contributed by atoms with Crippen LogP contribution < -0.4 is 10.6 Å². The Bertz CT molecular complexity index is 1800. The summed E-state index contributed by atoms with van der Waals surface area (Å²) in [5.74, 6) is -0.424. The number of nitriles is 1. The van der Waals surface area contributed by atoms with Gasteiger partial charge >= 0.3 is 0 Å². The molecule has 3 aromatic carbocycles. The first-order valence-electron chi connectivity index (χ1n) is 12.5. The Labute approximate surface area is 239 Å². The van der Waals surface area contributed by atoms with Crippen molar-refractivity contribution in [1.29, 1.82) is 5.26 Å². The molecule has 1 atom stereocenters. The molecule has 11 heteroatoms. The molecule has 0 amide bonds. The molecular weight excluding hydrogens is 560 g/mol. The van der Waals surface area contributed by atoms with Gasteiger partial charge in [0.25, 0.3) is 0 Å². The smallest absolute Gasteiger partial charge is 0.123 e. The summed E-state index contributed by atoms with van der Waals surface area (Å²) >= 11 is 19.3. The topological polar surface area (TPSA) is 91.5 Å². The maximum Gasteiger partial charge on any atom is 0.123 e. The van der Waals surface area contributed by atoms with Gasteiger partial charge in [0, 0.05) is 17.3 Å². The van der Waals surface area contributed by atoms with Crippen LogP contribution in [0.25, 0.3) is 10.9 Å². The molecule has 1 fully saturated rings. The van der Waals surface area contributed by atoms with Crippen molar-refractivity contribution >= 4 is 62.8 Å². The van der Waals surface area contributed by atoms with Crippen molar-refractivity contribution in [1.82, 2.24) is 20.0 Å². The van der Waals surface area contributed by atoms with E-state index in [1.54, 1.807) is 41.2 Å². The summed E-state index contributed by atoms with van der Waals surface area (Å²) in [6.07, 6.45) is 5.15. The minimum atomic E-state index is -1.65. The fourth-order valence-electron chi connectivity index (χ4n) is 4.24. The lowest BCUT2D eigenvalue weighted by molar-refractivity contribution is 0.610. The molecule has 2 N–H and O–H groups in total. The highest BCUT2D eigenvalue weighted by molar-refractivity contribution is 6.43. The lowest BCUT2D eigenvalue weighted by Gasteiger charge is -2.20. The third-order valence-corrected chi connectivity index (χ3v) is 7.45. The molecule has 0 radical (unpaired) electrons. The molecule has 0 spiro atoms. The number of aromatic nitrogens is 4. The first-order valence-corrected chi connectivity index (χ1v) is 13.1. The van der Waals surface area contributed by atoms with Gasteiger partial charge in [-0.2, -0.15) is 5.26 Å². The Balaban J connectivity index is 1.48. The fourth-order valence-corrected chi connectivity index (χ4v) is 4.86. The van der Waals surface area contributed by atoms with Crippen LogP contribution in [0.3, 0.4) is 0 Å². The predicted molar refractivity (Wildman–Crippen MR) is 151 cm³/mol. The van der Waals surface area contributed by atoms with E-state index in [1.165, 1.54) is 30.5 Å². The van der Waals surface area contributed by atoms with Crippen molar-refractivity contribution in [2.24, 2.45) is 0 Å². The summed E-state index contributed by atoms with van der Waals surface area (Å²) < 4.78 is 25.1. The van der Waals surface area contributed by atoms with Crippen molar-refractivity contribution in [3.05, 3.63) is 105 Å². The van der Waals surface area contributed by atoms with Gasteiger partial charge in [-0.3, -0.25) is 4.98 Å². The molecule has 1 aliphatic rings. The lowest BCUT2D eigenvalue weighted by atomic mass is 10.0. The Hall–Kier alpha value is -3.90. The quantitative estimate of drug-likeness (QED) is 0.203. The van der Waals surface area contributed by atoms with Crippen LogP contribution in [0.15, 0.2) is 67.0 Å². The molecule has 5 aromatic rings. The van der Waals surface area contributed by atoms with Crippen LogP contribution in [0.5, 0.6) is 0 Å². The van der Waals surface area contributed by atoms with E-state index in [1.807, 2.05) is 0 Å². The molecule has 1 aliphatic carbocycles. The van der Waals surface area contributed by atoms with E-state index in [0.29, 0.717) is 49.3 Å². The molecule has 0 bridgehead atoms. The number of hydrogen-bond donors (Lipinski definition) is 2. The molecule has 2 heterocycles. The summed E-state index contributed by atoms with van der Waals surface area (Å²) in [5.41, 5.74) is 2.81. The van der Waals surface area contributed by atoms with Crippen LogP contribution in [0.4, 0.5) is 21.5 Å². The van der Waals surface area contributed by atoms with Gasteiger partial charge in [0.15, 0.2) is 0 Å². The lowest BCUT2D eigenvalue weighted by Crippen LogP contribution is -2.13. The number of pyridine rings is 1. The molecule has 7 nitrogen and oxygen atoms in total. The third-order valence-electron chi connectivity index (χ3n) is 6.35. The zero-order chi connectivity index (χ0) is 28.0. The normalized spacial score (nSPS) is 14.9. The number of fused-ring (bicyclic) bond motifs is 1. The van der Waals surface area contributed by atoms with Gasteiger partial charge in [0.05, 0.1) is 57.2 Å². The number of benzene rings is 3. The second-order valence-corrected chi connectivity index (χ2v) is 10.3. The maximum atomic E-state index is 13.8.